The first-order valence-corrected chi connectivity index (χ1v) is 9.72. The van der Waals surface area contributed by atoms with Crippen LogP contribution in [-0.4, -0.2) is 47.2 Å². The van der Waals surface area contributed by atoms with Gasteiger partial charge in [-0.25, -0.2) is 4.79 Å². The van der Waals surface area contributed by atoms with Crippen molar-refractivity contribution in [2.75, 3.05) is 18.5 Å². The van der Waals surface area contributed by atoms with Gasteiger partial charge in [0.1, 0.15) is 12.7 Å². The first-order valence-electron chi connectivity index (χ1n) is 9.72. The van der Waals surface area contributed by atoms with Gasteiger partial charge in [0.2, 0.25) is 5.91 Å². The van der Waals surface area contributed by atoms with Gasteiger partial charge in [0, 0.05) is 18.3 Å². The number of morpholine rings is 1. The molecule has 3 N–H and O–H groups in total. The maximum absolute atomic E-state index is 12.2. The number of anilines is 1. The van der Waals surface area contributed by atoms with Crippen molar-refractivity contribution in [3.63, 3.8) is 0 Å². The predicted molar refractivity (Wildman–Crippen MR) is 110 cm³/mol. The average molecular weight is 397 g/mol. The minimum Gasteiger partial charge on any atom is -0.394 e. The normalized spacial score (nSPS) is 19.3. The number of amides is 3. The van der Waals surface area contributed by atoms with E-state index in [9.17, 15) is 14.7 Å². The molecule has 7 heteroatoms. The molecule has 3 amide bonds. The molecule has 154 valence electrons. The maximum Gasteiger partial charge on any atom is 0.319 e. The molecule has 1 saturated heterocycles. The van der Waals surface area contributed by atoms with Gasteiger partial charge in [0.25, 0.3) is 0 Å². The molecule has 2 aromatic rings. The van der Waals surface area contributed by atoms with Gasteiger partial charge in [-0.2, -0.15) is 0 Å². The molecule has 7 nitrogen and oxygen atoms in total. The summed E-state index contributed by atoms with van der Waals surface area (Å²) in [6, 6.07) is 16.2. The average Bonchev–Trinajstić information content (AvgIpc) is 2.73. The Kier molecular flexibility index (Phi) is 6.85. The van der Waals surface area contributed by atoms with E-state index in [-0.39, 0.29) is 31.2 Å². The van der Waals surface area contributed by atoms with Gasteiger partial charge >= 0.3 is 6.03 Å². The van der Waals surface area contributed by atoms with Gasteiger partial charge in [-0.3, -0.25) is 4.79 Å². The second kappa shape index (κ2) is 9.54. The quantitative estimate of drug-likeness (QED) is 0.699. The van der Waals surface area contributed by atoms with Gasteiger partial charge in [0.15, 0.2) is 0 Å². The second-order valence-corrected chi connectivity index (χ2v) is 7.29. The highest BCUT2D eigenvalue weighted by atomic mass is 16.5. The molecule has 0 bridgehead atoms. The zero-order valence-electron chi connectivity index (χ0n) is 16.7. The molecular formula is C22H27N3O4. The molecule has 0 saturated carbocycles. The Labute approximate surface area is 170 Å². The molecule has 0 aromatic heterocycles. The van der Waals surface area contributed by atoms with E-state index >= 15 is 0 Å². The number of benzene rings is 2. The largest absolute Gasteiger partial charge is 0.394 e. The fraction of sp³-hybridized carbons (Fsp3) is 0.364. The van der Waals surface area contributed by atoms with Crippen LogP contribution in [0.25, 0.3) is 0 Å². The molecule has 1 aliphatic heterocycles. The molecule has 1 fully saturated rings. The van der Waals surface area contributed by atoms with E-state index in [0.29, 0.717) is 12.2 Å². The lowest BCUT2D eigenvalue weighted by Gasteiger charge is -2.42. The van der Waals surface area contributed by atoms with Crippen molar-refractivity contribution in [1.29, 1.82) is 0 Å². The Hall–Kier alpha value is -2.90. The number of nitrogens with one attached hydrogen (secondary N) is 2. The lowest BCUT2D eigenvalue weighted by atomic mass is 9.98. The van der Waals surface area contributed by atoms with Crippen LogP contribution in [0.4, 0.5) is 10.5 Å². The van der Waals surface area contributed by atoms with E-state index in [0.717, 1.165) is 11.1 Å². The van der Waals surface area contributed by atoms with Gasteiger partial charge in [-0.1, -0.05) is 42.5 Å². The monoisotopic (exact) mass is 397 g/mol. The summed E-state index contributed by atoms with van der Waals surface area (Å²) in [7, 11) is 0. The topological polar surface area (TPSA) is 90.9 Å². The minimum absolute atomic E-state index is 0.0127. The Morgan fingerprint density at radius 1 is 1.17 bits per heavy atom. The Morgan fingerprint density at radius 3 is 2.48 bits per heavy atom. The molecule has 0 aliphatic carbocycles. The van der Waals surface area contributed by atoms with Crippen molar-refractivity contribution >= 4 is 17.6 Å². The van der Waals surface area contributed by atoms with Gasteiger partial charge in [-0.15, -0.1) is 0 Å². The summed E-state index contributed by atoms with van der Waals surface area (Å²) in [4.78, 5) is 25.9. The van der Waals surface area contributed by atoms with Crippen LogP contribution in [0.15, 0.2) is 54.6 Å². The van der Waals surface area contributed by atoms with Crippen molar-refractivity contribution in [2.24, 2.45) is 0 Å². The maximum atomic E-state index is 12.2. The molecule has 2 atom stereocenters. The van der Waals surface area contributed by atoms with E-state index in [2.05, 4.69) is 10.6 Å². The number of rotatable bonds is 6. The summed E-state index contributed by atoms with van der Waals surface area (Å²) in [5.41, 5.74) is 2.51. The third-order valence-electron chi connectivity index (χ3n) is 4.92. The number of nitrogens with zero attached hydrogens (tertiary/aromatic N) is 1. The van der Waals surface area contributed by atoms with E-state index in [1.807, 2.05) is 56.3 Å². The summed E-state index contributed by atoms with van der Waals surface area (Å²) in [5.74, 6) is -0.122. The van der Waals surface area contributed by atoms with Crippen molar-refractivity contribution < 1.29 is 19.4 Å². The molecule has 1 aliphatic rings. The molecule has 2 unspecified atom stereocenters. The summed E-state index contributed by atoms with van der Waals surface area (Å²) in [5, 5.41) is 15.5. The highest BCUT2D eigenvalue weighted by Gasteiger charge is 2.38. The SMILES string of the molecule is CC(C)N1C(=O)COC(c2ccc(NC(=O)NCc3ccccc3)cc2)C1CO. The fourth-order valence-corrected chi connectivity index (χ4v) is 3.56. The molecule has 0 radical (unpaired) electrons. The van der Waals surface area contributed by atoms with Crippen molar-refractivity contribution in [3.05, 3.63) is 65.7 Å². The van der Waals surface area contributed by atoms with Gasteiger partial charge in [-0.05, 0) is 37.1 Å². The van der Waals surface area contributed by atoms with Crippen LogP contribution in [0, 0.1) is 0 Å². The number of aliphatic hydroxyl groups is 1. The molecule has 3 rings (SSSR count). The summed E-state index contributed by atoms with van der Waals surface area (Å²) in [6.07, 6.45) is -0.416. The lowest BCUT2D eigenvalue weighted by Crippen LogP contribution is -2.55. The van der Waals surface area contributed by atoms with E-state index in [1.54, 1.807) is 17.0 Å². The van der Waals surface area contributed by atoms with Gasteiger partial charge in [0.05, 0.1) is 12.6 Å². The molecule has 29 heavy (non-hydrogen) atoms. The minimum atomic E-state index is -0.441. The summed E-state index contributed by atoms with van der Waals surface area (Å²) in [6.45, 7) is 4.09. The Morgan fingerprint density at radius 2 is 1.86 bits per heavy atom. The highest BCUT2D eigenvalue weighted by molar-refractivity contribution is 5.89. The highest BCUT2D eigenvalue weighted by Crippen LogP contribution is 2.31. The Balaban J connectivity index is 1.62. The first-order chi connectivity index (χ1) is 14.0. The van der Waals surface area contributed by atoms with Crippen molar-refractivity contribution in [1.82, 2.24) is 10.2 Å². The second-order valence-electron chi connectivity index (χ2n) is 7.29. The number of urea groups is 1. The lowest BCUT2D eigenvalue weighted by molar-refractivity contribution is -0.164. The Bertz CT molecular complexity index is 824. The van der Waals surface area contributed by atoms with Crippen molar-refractivity contribution in [3.8, 4) is 0 Å². The van der Waals surface area contributed by atoms with Crippen LogP contribution >= 0.6 is 0 Å². The van der Waals surface area contributed by atoms with Crippen LogP contribution in [0.5, 0.6) is 0 Å². The third-order valence-corrected chi connectivity index (χ3v) is 4.92. The van der Waals surface area contributed by atoms with E-state index in [1.165, 1.54) is 0 Å². The number of ether oxygens (including phenoxy) is 1. The van der Waals surface area contributed by atoms with Crippen LogP contribution in [-0.2, 0) is 16.1 Å². The summed E-state index contributed by atoms with van der Waals surface area (Å²) >= 11 is 0. The molecule has 1 heterocycles. The zero-order valence-corrected chi connectivity index (χ0v) is 16.7. The number of aliphatic hydroxyl groups excluding tert-OH is 1. The molecular weight excluding hydrogens is 370 g/mol. The molecule has 2 aromatic carbocycles. The van der Waals surface area contributed by atoms with E-state index in [4.69, 9.17) is 4.74 Å². The molecule has 0 spiro atoms. The number of carbonyl (C=O) groups excluding carboxylic acids is 2. The predicted octanol–water partition coefficient (Wildman–Crippen LogP) is 2.68. The smallest absolute Gasteiger partial charge is 0.319 e. The third kappa shape index (κ3) is 5.13. The number of hydrogen-bond donors (Lipinski definition) is 3. The van der Waals surface area contributed by atoms with E-state index < -0.39 is 12.1 Å². The van der Waals surface area contributed by atoms with Crippen molar-refractivity contribution in [2.45, 2.75) is 38.6 Å². The van der Waals surface area contributed by atoms with Crippen LogP contribution in [0.1, 0.15) is 31.1 Å². The van der Waals surface area contributed by atoms with Crippen LogP contribution < -0.4 is 10.6 Å². The van der Waals surface area contributed by atoms with Crippen LogP contribution in [0.2, 0.25) is 0 Å². The number of hydrogen-bond acceptors (Lipinski definition) is 4. The van der Waals surface area contributed by atoms with Crippen LogP contribution in [0.3, 0.4) is 0 Å². The zero-order chi connectivity index (χ0) is 20.8. The number of carbonyl (C=O) groups is 2. The first kappa shape index (κ1) is 20.8. The standard InChI is InChI=1S/C22H27N3O4/c1-15(2)25-19(13-26)21(29-14-20(25)27)17-8-10-18(11-9-17)24-22(28)23-12-16-6-4-3-5-7-16/h3-11,15,19,21,26H,12-14H2,1-2H3,(H2,23,24,28). The van der Waals surface area contributed by atoms with Gasteiger partial charge < -0.3 is 25.4 Å². The fourth-order valence-electron chi connectivity index (χ4n) is 3.56. The summed E-state index contributed by atoms with van der Waals surface area (Å²) < 4.78 is 5.72.